The van der Waals surface area contributed by atoms with Gasteiger partial charge in [0.05, 0.1) is 24.8 Å². The third-order valence-corrected chi connectivity index (χ3v) is 2.94. The summed E-state index contributed by atoms with van der Waals surface area (Å²) >= 11 is 0. The first-order chi connectivity index (χ1) is 9.34. The molecule has 0 radical (unpaired) electrons. The number of ether oxygens (including phenoxy) is 1. The fraction of sp³-hybridized carbons (Fsp3) is 0.214. The van der Waals surface area contributed by atoms with E-state index in [1.807, 2.05) is 30.3 Å². The Bertz CT molecular complexity index is 617. The summed E-state index contributed by atoms with van der Waals surface area (Å²) in [5.41, 5.74) is 1.84. The van der Waals surface area contributed by atoms with Gasteiger partial charge in [0.2, 0.25) is 5.78 Å². The minimum Gasteiger partial charge on any atom is -0.501 e. The van der Waals surface area contributed by atoms with Crippen LogP contribution in [0, 0.1) is 0 Å². The summed E-state index contributed by atoms with van der Waals surface area (Å²) in [6.07, 6.45) is 4.62. The van der Waals surface area contributed by atoms with Crippen LogP contribution in [-0.4, -0.2) is 27.4 Å². The van der Waals surface area contributed by atoms with E-state index in [4.69, 9.17) is 4.74 Å². The van der Waals surface area contributed by atoms with E-state index in [1.54, 1.807) is 0 Å². The van der Waals surface area contributed by atoms with Gasteiger partial charge in [-0.2, -0.15) is 9.90 Å². The normalized spacial score (nSPS) is 14.6. The number of ketones is 1. The van der Waals surface area contributed by atoms with Crippen LogP contribution in [0.25, 0.3) is 5.69 Å². The van der Waals surface area contributed by atoms with E-state index in [2.05, 4.69) is 10.2 Å². The standard InChI is InChI=1S/C14H13N3O2/c18-14(11-5-4-8-19-10-11)13-9-15-17(16-13)12-6-2-1-3-7-12/h1-3,6-7,9-10H,4-5,8H2. The Hall–Kier alpha value is -2.43. The van der Waals surface area contributed by atoms with E-state index in [0.717, 1.165) is 18.5 Å². The maximum absolute atomic E-state index is 12.2. The monoisotopic (exact) mass is 255 g/mol. The van der Waals surface area contributed by atoms with Gasteiger partial charge < -0.3 is 4.74 Å². The number of Topliss-reactive ketones (excluding diaryl/α,β-unsaturated/α-hetero) is 1. The predicted octanol–water partition coefficient (Wildman–Crippen LogP) is 2.14. The zero-order valence-corrected chi connectivity index (χ0v) is 10.3. The molecule has 0 bridgehead atoms. The summed E-state index contributed by atoms with van der Waals surface area (Å²) in [4.78, 5) is 13.6. The molecule has 1 aliphatic heterocycles. The molecule has 0 fully saturated rings. The first kappa shape index (κ1) is 11.6. The molecular weight excluding hydrogens is 242 g/mol. The zero-order chi connectivity index (χ0) is 13.1. The molecule has 1 aromatic heterocycles. The lowest BCUT2D eigenvalue weighted by atomic mass is 10.0. The molecule has 0 amide bonds. The van der Waals surface area contributed by atoms with Crippen molar-refractivity contribution in [2.75, 3.05) is 6.61 Å². The maximum atomic E-state index is 12.2. The lowest BCUT2D eigenvalue weighted by Gasteiger charge is -2.10. The van der Waals surface area contributed by atoms with Gasteiger partial charge in [-0.25, -0.2) is 0 Å². The van der Waals surface area contributed by atoms with Crippen LogP contribution in [0.3, 0.4) is 0 Å². The number of aromatic nitrogens is 3. The highest BCUT2D eigenvalue weighted by Gasteiger charge is 2.18. The molecule has 5 heteroatoms. The number of hydrogen-bond acceptors (Lipinski definition) is 4. The quantitative estimate of drug-likeness (QED) is 0.788. The van der Waals surface area contributed by atoms with Crippen molar-refractivity contribution >= 4 is 5.78 Å². The summed E-state index contributed by atoms with van der Waals surface area (Å²) in [5.74, 6) is -0.109. The Kier molecular flexibility index (Phi) is 3.10. The van der Waals surface area contributed by atoms with E-state index >= 15 is 0 Å². The van der Waals surface area contributed by atoms with E-state index in [9.17, 15) is 4.79 Å². The minimum absolute atomic E-state index is 0.109. The van der Waals surface area contributed by atoms with Crippen molar-refractivity contribution in [2.24, 2.45) is 0 Å². The van der Waals surface area contributed by atoms with Gasteiger partial charge in [0.25, 0.3) is 0 Å². The third kappa shape index (κ3) is 2.40. The van der Waals surface area contributed by atoms with Gasteiger partial charge in [0.1, 0.15) is 0 Å². The molecule has 5 nitrogen and oxygen atoms in total. The summed E-state index contributed by atoms with van der Waals surface area (Å²) in [7, 11) is 0. The molecule has 3 rings (SSSR count). The maximum Gasteiger partial charge on any atom is 0.213 e. The Morgan fingerprint density at radius 2 is 2.11 bits per heavy atom. The number of nitrogens with zero attached hydrogens (tertiary/aromatic N) is 3. The van der Waals surface area contributed by atoms with Gasteiger partial charge in [0, 0.05) is 5.57 Å². The van der Waals surface area contributed by atoms with Crippen LogP contribution in [0.4, 0.5) is 0 Å². The first-order valence-corrected chi connectivity index (χ1v) is 6.18. The van der Waals surface area contributed by atoms with Crippen LogP contribution in [0.1, 0.15) is 23.3 Å². The lowest BCUT2D eigenvalue weighted by molar-refractivity contribution is 0.100. The largest absolute Gasteiger partial charge is 0.501 e. The molecule has 0 unspecified atom stereocenters. The number of allylic oxidation sites excluding steroid dienone is 1. The van der Waals surface area contributed by atoms with Gasteiger partial charge in [-0.05, 0) is 25.0 Å². The number of hydrogen-bond donors (Lipinski definition) is 0. The second-order valence-corrected chi connectivity index (χ2v) is 4.30. The lowest BCUT2D eigenvalue weighted by Crippen LogP contribution is -2.10. The SMILES string of the molecule is O=C(C1=COCCC1)c1cnn(-c2ccccc2)n1. The number of carbonyl (C=O) groups is 1. The Labute approximate surface area is 110 Å². The Morgan fingerprint density at radius 3 is 2.84 bits per heavy atom. The molecule has 0 aliphatic carbocycles. The highest BCUT2D eigenvalue weighted by atomic mass is 16.5. The fourth-order valence-electron chi connectivity index (χ4n) is 1.95. The molecule has 0 N–H and O–H groups in total. The molecule has 0 spiro atoms. The Balaban J connectivity index is 1.85. The molecule has 0 saturated heterocycles. The highest BCUT2D eigenvalue weighted by molar-refractivity contribution is 6.07. The number of rotatable bonds is 3. The van der Waals surface area contributed by atoms with Crippen molar-refractivity contribution in [2.45, 2.75) is 12.8 Å². The predicted molar refractivity (Wildman–Crippen MR) is 69.0 cm³/mol. The van der Waals surface area contributed by atoms with Gasteiger partial charge in [-0.3, -0.25) is 4.79 Å². The van der Waals surface area contributed by atoms with Crippen LogP contribution in [-0.2, 0) is 4.74 Å². The first-order valence-electron chi connectivity index (χ1n) is 6.18. The van der Waals surface area contributed by atoms with Crippen molar-refractivity contribution in [1.29, 1.82) is 0 Å². The van der Waals surface area contributed by atoms with Crippen molar-refractivity contribution < 1.29 is 9.53 Å². The van der Waals surface area contributed by atoms with Crippen LogP contribution >= 0.6 is 0 Å². The van der Waals surface area contributed by atoms with E-state index < -0.39 is 0 Å². The molecular formula is C14H13N3O2. The average molecular weight is 255 g/mol. The van der Waals surface area contributed by atoms with Crippen LogP contribution in [0.2, 0.25) is 0 Å². The smallest absolute Gasteiger partial charge is 0.213 e. The van der Waals surface area contributed by atoms with E-state index in [1.165, 1.54) is 17.3 Å². The highest BCUT2D eigenvalue weighted by Crippen LogP contribution is 2.16. The minimum atomic E-state index is -0.109. The second-order valence-electron chi connectivity index (χ2n) is 4.30. The number of benzene rings is 1. The van der Waals surface area contributed by atoms with Crippen LogP contribution < -0.4 is 0 Å². The van der Waals surface area contributed by atoms with Crippen LogP contribution in [0.15, 0.2) is 48.4 Å². The van der Waals surface area contributed by atoms with E-state index in [-0.39, 0.29) is 5.78 Å². The molecule has 2 heterocycles. The second kappa shape index (κ2) is 5.06. The number of para-hydroxylation sites is 1. The Morgan fingerprint density at radius 1 is 1.26 bits per heavy atom. The van der Waals surface area contributed by atoms with E-state index in [0.29, 0.717) is 17.9 Å². The zero-order valence-electron chi connectivity index (χ0n) is 10.3. The number of carbonyl (C=O) groups excluding carboxylic acids is 1. The summed E-state index contributed by atoms with van der Waals surface area (Å²) < 4.78 is 5.18. The molecule has 0 saturated carbocycles. The summed E-state index contributed by atoms with van der Waals surface area (Å²) in [6.45, 7) is 0.674. The molecule has 2 aromatic rings. The fourth-order valence-corrected chi connectivity index (χ4v) is 1.95. The topological polar surface area (TPSA) is 57.0 Å². The van der Waals surface area contributed by atoms with Crippen molar-refractivity contribution in [3.05, 3.63) is 54.1 Å². The molecule has 1 aliphatic rings. The summed E-state index contributed by atoms with van der Waals surface area (Å²) in [5, 5.41) is 8.33. The summed E-state index contributed by atoms with van der Waals surface area (Å²) in [6, 6.07) is 9.49. The van der Waals surface area contributed by atoms with Crippen molar-refractivity contribution in [3.63, 3.8) is 0 Å². The molecule has 1 aromatic carbocycles. The molecule has 19 heavy (non-hydrogen) atoms. The van der Waals surface area contributed by atoms with Gasteiger partial charge >= 0.3 is 0 Å². The van der Waals surface area contributed by atoms with Crippen molar-refractivity contribution in [1.82, 2.24) is 15.0 Å². The molecule has 96 valence electrons. The third-order valence-electron chi connectivity index (χ3n) is 2.94. The van der Waals surface area contributed by atoms with Gasteiger partial charge in [0.15, 0.2) is 5.69 Å². The molecule has 0 atom stereocenters. The average Bonchev–Trinajstić information content (AvgIpc) is 2.98. The van der Waals surface area contributed by atoms with Crippen molar-refractivity contribution in [3.8, 4) is 5.69 Å². The van der Waals surface area contributed by atoms with Crippen LogP contribution in [0.5, 0.6) is 0 Å². The van der Waals surface area contributed by atoms with Gasteiger partial charge in [-0.1, -0.05) is 18.2 Å². The van der Waals surface area contributed by atoms with Gasteiger partial charge in [-0.15, -0.1) is 5.10 Å².